The summed E-state index contributed by atoms with van der Waals surface area (Å²) in [4.78, 5) is 0. The van der Waals surface area contributed by atoms with E-state index in [-0.39, 0.29) is 0 Å². The second-order valence-corrected chi connectivity index (χ2v) is 4.67. The van der Waals surface area contributed by atoms with Gasteiger partial charge in [-0.3, -0.25) is 0 Å². The third-order valence-electron chi connectivity index (χ3n) is 2.73. The molecule has 1 aliphatic rings. The molecule has 1 rings (SSSR count). The molecule has 1 heterocycles. The van der Waals surface area contributed by atoms with Crippen LogP contribution in [0, 0.1) is 5.92 Å². The monoisotopic (exact) mass is 186 g/mol. The molecule has 0 bridgehead atoms. The van der Waals surface area contributed by atoms with Crippen LogP contribution in [0.4, 0.5) is 0 Å². The van der Waals surface area contributed by atoms with Crippen molar-refractivity contribution in [2.24, 2.45) is 5.92 Å². The van der Waals surface area contributed by atoms with E-state index in [1.165, 1.54) is 6.42 Å². The molecule has 0 aromatic carbocycles. The number of rotatable bonds is 4. The van der Waals surface area contributed by atoms with Gasteiger partial charge < -0.3 is 9.84 Å². The predicted octanol–water partition coefficient (Wildman–Crippen LogP) is 2.35. The van der Waals surface area contributed by atoms with Crippen molar-refractivity contribution in [2.75, 3.05) is 13.2 Å². The lowest BCUT2D eigenvalue weighted by molar-refractivity contribution is -0.0908. The first-order valence-corrected chi connectivity index (χ1v) is 5.42. The van der Waals surface area contributed by atoms with Gasteiger partial charge in [-0.25, -0.2) is 0 Å². The zero-order valence-electron chi connectivity index (χ0n) is 8.88. The summed E-state index contributed by atoms with van der Waals surface area (Å²) in [6, 6.07) is 0. The second-order valence-electron chi connectivity index (χ2n) is 4.67. The van der Waals surface area contributed by atoms with Gasteiger partial charge in [0.2, 0.25) is 0 Å². The molecule has 1 fully saturated rings. The van der Waals surface area contributed by atoms with Crippen LogP contribution < -0.4 is 0 Å². The van der Waals surface area contributed by atoms with Gasteiger partial charge in [-0.05, 0) is 25.2 Å². The molecule has 1 aliphatic heterocycles. The minimum Gasteiger partial charge on any atom is -0.387 e. The van der Waals surface area contributed by atoms with Crippen LogP contribution in [0.15, 0.2) is 0 Å². The quantitative estimate of drug-likeness (QED) is 0.730. The van der Waals surface area contributed by atoms with E-state index in [0.29, 0.717) is 6.61 Å². The Morgan fingerprint density at radius 2 is 2.23 bits per heavy atom. The van der Waals surface area contributed by atoms with E-state index in [0.717, 1.165) is 38.2 Å². The van der Waals surface area contributed by atoms with Crippen LogP contribution in [0.25, 0.3) is 0 Å². The smallest absolute Gasteiger partial charge is 0.0881 e. The molecule has 0 aromatic rings. The highest BCUT2D eigenvalue weighted by Crippen LogP contribution is 2.25. The third-order valence-corrected chi connectivity index (χ3v) is 2.73. The lowest BCUT2D eigenvalue weighted by Gasteiger charge is -2.32. The van der Waals surface area contributed by atoms with Crippen molar-refractivity contribution in [2.45, 2.75) is 51.6 Å². The molecule has 1 atom stereocenters. The molecule has 1 unspecified atom stereocenters. The highest BCUT2D eigenvalue weighted by Gasteiger charge is 2.29. The first-order chi connectivity index (χ1) is 6.12. The van der Waals surface area contributed by atoms with Gasteiger partial charge in [-0.15, -0.1) is 0 Å². The Morgan fingerprint density at radius 1 is 1.46 bits per heavy atom. The van der Waals surface area contributed by atoms with Crippen LogP contribution in [0.2, 0.25) is 0 Å². The van der Waals surface area contributed by atoms with Gasteiger partial charge in [-0.1, -0.05) is 26.7 Å². The number of ether oxygens (including phenoxy) is 1. The van der Waals surface area contributed by atoms with Gasteiger partial charge in [-0.2, -0.15) is 0 Å². The highest BCUT2D eigenvalue weighted by atomic mass is 16.5. The number of hydrogen-bond acceptors (Lipinski definition) is 2. The Kier molecular flexibility index (Phi) is 4.20. The minimum atomic E-state index is -0.507. The zero-order chi connectivity index (χ0) is 9.73. The van der Waals surface area contributed by atoms with Gasteiger partial charge in [0.1, 0.15) is 0 Å². The van der Waals surface area contributed by atoms with Crippen LogP contribution in [-0.4, -0.2) is 23.9 Å². The first kappa shape index (κ1) is 11.0. The summed E-state index contributed by atoms with van der Waals surface area (Å²) in [5.41, 5.74) is -0.507. The van der Waals surface area contributed by atoms with E-state index < -0.39 is 5.60 Å². The Hall–Kier alpha value is -0.0800. The molecule has 13 heavy (non-hydrogen) atoms. The normalized spacial score (nSPS) is 29.5. The van der Waals surface area contributed by atoms with E-state index >= 15 is 0 Å². The maximum atomic E-state index is 10.1. The summed E-state index contributed by atoms with van der Waals surface area (Å²) in [7, 11) is 0. The van der Waals surface area contributed by atoms with Crippen molar-refractivity contribution in [3.8, 4) is 0 Å². The maximum absolute atomic E-state index is 10.1. The van der Waals surface area contributed by atoms with Crippen molar-refractivity contribution in [3.63, 3.8) is 0 Å². The van der Waals surface area contributed by atoms with E-state index in [4.69, 9.17) is 4.74 Å². The fraction of sp³-hybridized carbons (Fsp3) is 1.00. The molecule has 0 saturated carbocycles. The van der Waals surface area contributed by atoms with Gasteiger partial charge in [0, 0.05) is 6.61 Å². The van der Waals surface area contributed by atoms with Crippen molar-refractivity contribution >= 4 is 0 Å². The average Bonchev–Trinajstić information content (AvgIpc) is 2.04. The van der Waals surface area contributed by atoms with E-state index in [1.54, 1.807) is 0 Å². The lowest BCUT2D eigenvalue weighted by atomic mass is 9.89. The zero-order valence-corrected chi connectivity index (χ0v) is 8.88. The summed E-state index contributed by atoms with van der Waals surface area (Å²) in [5, 5.41) is 10.1. The van der Waals surface area contributed by atoms with Crippen LogP contribution in [-0.2, 0) is 4.74 Å². The van der Waals surface area contributed by atoms with Crippen LogP contribution in [0.1, 0.15) is 46.0 Å². The fourth-order valence-corrected chi connectivity index (χ4v) is 1.87. The third kappa shape index (κ3) is 4.10. The van der Waals surface area contributed by atoms with Crippen molar-refractivity contribution < 1.29 is 9.84 Å². The molecule has 0 aromatic heterocycles. The topological polar surface area (TPSA) is 29.5 Å². The molecular formula is C11H22O2. The maximum Gasteiger partial charge on any atom is 0.0881 e. The SMILES string of the molecule is CC(C)CCCC1(O)CCCOC1. The largest absolute Gasteiger partial charge is 0.387 e. The molecule has 0 aliphatic carbocycles. The molecule has 2 heteroatoms. The highest BCUT2D eigenvalue weighted by molar-refractivity contribution is 4.80. The van der Waals surface area contributed by atoms with E-state index in [2.05, 4.69) is 13.8 Å². The Labute approximate surface area is 81.3 Å². The van der Waals surface area contributed by atoms with E-state index in [1.807, 2.05) is 0 Å². The van der Waals surface area contributed by atoms with Gasteiger partial charge >= 0.3 is 0 Å². The molecule has 0 spiro atoms. The van der Waals surface area contributed by atoms with Crippen LogP contribution >= 0.6 is 0 Å². The molecule has 0 amide bonds. The molecule has 0 radical (unpaired) electrons. The second kappa shape index (κ2) is 4.97. The van der Waals surface area contributed by atoms with Gasteiger partial charge in [0.25, 0.3) is 0 Å². The Morgan fingerprint density at radius 3 is 2.77 bits per heavy atom. The lowest BCUT2D eigenvalue weighted by Crippen LogP contribution is -2.38. The molecular weight excluding hydrogens is 164 g/mol. The van der Waals surface area contributed by atoms with Gasteiger partial charge in [0.15, 0.2) is 0 Å². The fourth-order valence-electron chi connectivity index (χ4n) is 1.87. The molecule has 1 N–H and O–H groups in total. The Balaban J connectivity index is 2.17. The summed E-state index contributed by atoms with van der Waals surface area (Å²) in [6.45, 7) is 5.82. The number of aliphatic hydroxyl groups is 1. The van der Waals surface area contributed by atoms with E-state index in [9.17, 15) is 5.11 Å². The standard InChI is InChI=1S/C11H22O2/c1-10(2)5-3-6-11(12)7-4-8-13-9-11/h10,12H,3-9H2,1-2H3. The summed E-state index contributed by atoms with van der Waals surface area (Å²) < 4.78 is 5.29. The first-order valence-electron chi connectivity index (χ1n) is 5.42. The van der Waals surface area contributed by atoms with Crippen molar-refractivity contribution in [3.05, 3.63) is 0 Å². The molecule has 78 valence electrons. The summed E-state index contributed by atoms with van der Waals surface area (Å²) in [5.74, 6) is 0.744. The molecule has 2 nitrogen and oxygen atoms in total. The molecule has 1 saturated heterocycles. The minimum absolute atomic E-state index is 0.507. The summed E-state index contributed by atoms with van der Waals surface area (Å²) >= 11 is 0. The van der Waals surface area contributed by atoms with Gasteiger partial charge in [0.05, 0.1) is 12.2 Å². The number of hydrogen-bond donors (Lipinski definition) is 1. The Bertz CT molecular complexity index is 137. The predicted molar refractivity (Wildman–Crippen MR) is 53.7 cm³/mol. The average molecular weight is 186 g/mol. The van der Waals surface area contributed by atoms with Crippen molar-refractivity contribution in [1.29, 1.82) is 0 Å². The van der Waals surface area contributed by atoms with Crippen molar-refractivity contribution in [1.82, 2.24) is 0 Å². The van der Waals surface area contributed by atoms with Crippen LogP contribution in [0.5, 0.6) is 0 Å². The summed E-state index contributed by atoms with van der Waals surface area (Å²) in [6.07, 6.45) is 5.17. The van der Waals surface area contributed by atoms with Crippen LogP contribution in [0.3, 0.4) is 0 Å².